The molecule has 0 radical (unpaired) electrons. The number of amides is 3. The molecule has 0 aromatic heterocycles. The number of urea groups is 1. The van der Waals surface area contributed by atoms with E-state index in [1.807, 2.05) is 0 Å². The highest BCUT2D eigenvalue weighted by molar-refractivity contribution is 6.42. The Kier molecular flexibility index (Phi) is 4.00. The second-order valence-corrected chi connectivity index (χ2v) is 6.50. The number of hydrogen-bond donors (Lipinski definition) is 1. The normalized spacial score (nSPS) is 20.8. The lowest BCUT2D eigenvalue weighted by Gasteiger charge is -2.23. The number of para-hydroxylation sites is 1. The number of imide groups is 1. The van der Waals surface area contributed by atoms with Crippen molar-refractivity contribution >= 4 is 52.4 Å². The molecule has 4 nitrogen and oxygen atoms in total. The molecule has 0 saturated carbocycles. The van der Waals surface area contributed by atoms with Gasteiger partial charge < -0.3 is 5.32 Å². The minimum atomic E-state index is -1.25. The Labute approximate surface area is 147 Å². The third-order valence-electron chi connectivity index (χ3n) is 3.78. The second-order valence-electron chi connectivity index (χ2n) is 5.28. The van der Waals surface area contributed by atoms with Gasteiger partial charge in [0, 0.05) is 0 Å². The molecule has 7 heteroatoms. The molecule has 1 saturated heterocycles. The van der Waals surface area contributed by atoms with Crippen molar-refractivity contribution in [2.75, 3.05) is 4.90 Å². The first-order valence-corrected chi connectivity index (χ1v) is 7.85. The quantitative estimate of drug-likeness (QED) is 0.785. The lowest BCUT2D eigenvalue weighted by Crippen LogP contribution is -2.41. The van der Waals surface area contributed by atoms with Crippen molar-refractivity contribution in [2.45, 2.75) is 12.5 Å². The minimum Gasteiger partial charge on any atom is -0.319 e. The Morgan fingerprint density at radius 2 is 1.65 bits per heavy atom. The molecule has 1 N–H and O–H groups in total. The van der Waals surface area contributed by atoms with Gasteiger partial charge in [-0.25, -0.2) is 9.69 Å². The standard InChI is InChI=1S/C16H11Cl3N2O2/c1-16(9-6-7-10(17)12(19)8-9)14(22)21(15(23)20-16)13-5-3-2-4-11(13)18/h2-8H,1H3,(H,20,23)/t16-/m0/s1. The van der Waals surface area contributed by atoms with Crippen LogP contribution in [0.15, 0.2) is 42.5 Å². The molecule has 1 heterocycles. The van der Waals surface area contributed by atoms with Crippen LogP contribution in [0.5, 0.6) is 0 Å². The number of benzene rings is 2. The highest BCUT2D eigenvalue weighted by atomic mass is 35.5. The first-order chi connectivity index (χ1) is 10.8. The Hall–Kier alpha value is -1.75. The van der Waals surface area contributed by atoms with Crippen molar-refractivity contribution in [1.82, 2.24) is 5.32 Å². The highest BCUT2D eigenvalue weighted by Crippen LogP contribution is 2.36. The van der Waals surface area contributed by atoms with Gasteiger partial charge >= 0.3 is 6.03 Å². The smallest absolute Gasteiger partial charge is 0.319 e. The van der Waals surface area contributed by atoms with Crippen molar-refractivity contribution in [3.8, 4) is 0 Å². The minimum absolute atomic E-state index is 0.309. The zero-order valence-corrected chi connectivity index (χ0v) is 14.2. The van der Waals surface area contributed by atoms with E-state index in [0.29, 0.717) is 26.3 Å². The van der Waals surface area contributed by atoms with Gasteiger partial charge in [-0.3, -0.25) is 4.79 Å². The zero-order valence-electron chi connectivity index (χ0n) is 11.9. The molecule has 1 fully saturated rings. The lowest BCUT2D eigenvalue weighted by atomic mass is 9.92. The molecule has 0 unspecified atom stereocenters. The largest absolute Gasteiger partial charge is 0.330 e. The first kappa shape index (κ1) is 16.1. The number of nitrogens with one attached hydrogen (secondary N) is 1. The summed E-state index contributed by atoms with van der Waals surface area (Å²) in [4.78, 5) is 26.3. The van der Waals surface area contributed by atoms with Crippen molar-refractivity contribution in [1.29, 1.82) is 0 Å². The number of rotatable bonds is 2. The number of halogens is 3. The SMILES string of the molecule is C[C@@]1(c2ccc(Cl)c(Cl)c2)NC(=O)N(c2ccccc2Cl)C1=O. The molecule has 1 atom stereocenters. The number of carbonyl (C=O) groups is 2. The summed E-state index contributed by atoms with van der Waals surface area (Å²) in [5, 5.41) is 3.69. The first-order valence-electron chi connectivity index (χ1n) is 6.71. The van der Waals surface area contributed by atoms with Crippen LogP contribution in [0, 0.1) is 0 Å². The van der Waals surface area contributed by atoms with Crippen molar-refractivity contribution in [3.05, 3.63) is 63.1 Å². The maximum absolute atomic E-state index is 12.9. The van der Waals surface area contributed by atoms with Gasteiger partial charge in [-0.05, 0) is 36.8 Å². The van der Waals surface area contributed by atoms with Gasteiger partial charge in [-0.2, -0.15) is 0 Å². The predicted octanol–water partition coefficient (Wildman–Crippen LogP) is 4.62. The molecule has 0 aliphatic carbocycles. The van der Waals surface area contributed by atoms with E-state index in [1.165, 1.54) is 0 Å². The van der Waals surface area contributed by atoms with E-state index in [9.17, 15) is 9.59 Å². The maximum Gasteiger partial charge on any atom is 0.330 e. The summed E-state index contributed by atoms with van der Waals surface area (Å²) in [6.07, 6.45) is 0. The van der Waals surface area contributed by atoms with Gasteiger partial charge in [0.05, 0.1) is 20.8 Å². The fraction of sp³-hybridized carbons (Fsp3) is 0.125. The average molecular weight is 370 g/mol. The third kappa shape index (κ3) is 2.57. The van der Waals surface area contributed by atoms with E-state index in [0.717, 1.165) is 4.90 Å². The van der Waals surface area contributed by atoms with Crippen molar-refractivity contribution in [2.24, 2.45) is 0 Å². The molecule has 0 bridgehead atoms. The fourth-order valence-corrected chi connectivity index (χ4v) is 3.01. The van der Waals surface area contributed by atoms with E-state index in [1.54, 1.807) is 49.4 Å². The Balaban J connectivity index is 2.07. The van der Waals surface area contributed by atoms with Crippen LogP contribution < -0.4 is 10.2 Å². The Morgan fingerprint density at radius 3 is 2.30 bits per heavy atom. The zero-order chi connectivity index (χ0) is 16.8. The van der Waals surface area contributed by atoms with Crippen molar-refractivity contribution in [3.63, 3.8) is 0 Å². The lowest BCUT2D eigenvalue weighted by molar-refractivity contribution is -0.121. The summed E-state index contributed by atoms with van der Waals surface area (Å²) < 4.78 is 0. The highest BCUT2D eigenvalue weighted by Gasteiger charge is 2.50. The third-order valence-corrected chi connectivity index (χ3v) is 4.84. The summed E-state index contributed by atoms with van der Waals surface area (Å²) >= 11 is 18.0. The van der Waals surface area contributed by atoms with Gasteiger partial charge in [-0.15, -0.1) is 0 Å². The molecular formula is C16H11Cl3N2O2. The average Bonchev–Trinajstić information content (AvgIpc) is 2.74. The van der Waals surface area contributed by atoms with Crippen LogP contribution in [0.1, 0.15) is 12.5 Å². The molecule has 0 spiro atoms. The molecule has 2 aromatic carbocycles. The van der Waals surface area contributed by atoms with Crippen molar-refractivity contribution < 1.29 is 9.59 Å². The van der Waals surface area contributed by atoms with Gasteiger partial charge in [0.15, 0.2) is 0 Å². The van der Waals surface area contributed by atoms with Crippen LogP contribution in [-0.4, -0.2) is 11.9 Å². The summed E-state index contributed by atoms with van der Waals surface area (Å²) in [5.74, 6) is -0.436. The van der Waals surface area contributed by atoms with Gasteiger partial charge in [0.1, 0.15) is 5.54 Å². The molecule has 3 amide bonds. The maximum atomic E-state index is 12.9. The number of hydrogen-bond acceptors (Lipinski definition) is 2. The van der Waals surface area contributed by atoms with Crippen LogP contribution in [0.25, 0.3) is 0 Å². The number of anilines is 1. The van der Waals surface area contributed by atoms with Crippen LogP contribution in [0.3, 0.4) is 0 Å². The molecular weight excluding hydrogens is 359 g/mol. The second kappa shape index (κ2) is 5.71. The van der Waals surface area contributed by atoms with Gasteiger partial charge in [0.25, 0.3) is 5.91 Å². The molecule has 1 aliphatic rings. The molecule has 3 rings (SSSR count). The monoisotopic (exact) mass is 368 g/mol. The summed E-state index contributed by atoms with van der Waals surface area (Å²) in [7, 11) is 0. The summed E-state index contributed by atoms with van der Waals surface area (Å²) in [5.41, 5.74) is -0.370. The Bertz CT molecular complexity index is 825. The number of carbonyl (C=O) groups excluding carboxylic acids is 2. The van der Waals surface area contributed by atoms with Gasteiger partial charge in [0.2, 0.25) is 0 Å². The Morgan fingerprint density at radius 1 is 0.957 bits per heavy atom. The molecule has 23 heavy (non-hydrogen) atoms. The van der Waals surface area contributed by atoms with Crippen LogP contribution >= 0.6 is 34.8 Å². The molecule has 118 valence electrons. The fourth-order valence-electron chi connectivity index (χ4n) is 2.49. The predicted molar refractivity (Wildman–Crippen MR) is 91.3 cm³/mol. The van der Waals surface area contributed by atoms with E-state index in [-0.39, 0.29) is 0 Å². The van der Waals surface area contributed by atoms with E-state index in [4.69, 9.17) is 34.8 Å². The van der Waals surface area contributed by atoms with E-state index >= 15 is 0 Å². The van der Waals surface area contributed by atoms with Crippen LogP contribution in [0.4, 0.5) is 10.5 Å². The van der Waals surface area contributed by atoms with Crippen LogP contribution in [-0.2, 0) is 10.3 Å². The molecule has 1 aliphatic heterocycles. The van der Waals surface area contributed by atoms with E-state index < -0.39 is 17.5 Å². The van der Waals surface area contributed by atoms with Gasteiger partial charge in [-0.1, -0.05) is 53.0 Å². The summed E-state index contributed by atoms with van der Waals surface area (Å²) in [6, 6.07) is 10.9. The van der Waals surface area contributed by atoms with E-state index in [2.05, 4.69) is 5.32 Å². The van der Waals surface area contributed by atoms with Crippen LogP contribution in [0.2, 0.25) is 15.1 Å². The number of nitrogens with zero attached hydrogens (tertiary/aromatic N) is 1. The summed E-state index contributed by atoms with van der Waals surface area (Å²) in [6.45, 7) is 1.61. The molecule has 2 aromatic rings. The topological polar surface area (TPSA) is 49.4 Å².